The van der Waals surface area contributed by atoms with Gasteiger partial charge in [-0.05, 0) is 35.7 Å². The van der Waals surface area contributed by atoms with E-state index in [0.29, 0.717) is 12.2 Å². The first-order valence-electron chi connectivity index (χ1n) is 8.78. The lowest BCUT2D eigenvalue weighted by Gasteiger charge is -2.09. The lowest BCUT2D eigenvalue weighted by atomic mass is 10.0. The summed E-state index contributed by atoms with van der Waals surface area (Å²) in [5.74, 6) is 0.645. The first-order chi connectivity index (χ1) is 13.1. The van der Waals surface area contributed by atoms with Crippen LogP contribution in [0.2, 0.25) is 0 Å². The Bertz CT molecular complexity index is 1100. The molecule has 0 atom stereocenters. The van der Waals surface area contributed by atoms with Crippen molar-refractivity contribution in [2.24, 2.45) is 0 Å². The number of para-hydroxylation sites is 1. The highest BCUT2D eigenvalue weighted by Gasteiger charge is 2.12. The molecule has 27 heavy (non-hydrogen) atoms. The van der Waals surface area contributed by atoms with Gasteiger partial charge in [-0.15, -0.1) is 0 Å². The van der Waals surface area contributed by atoms with Crippen molar-refractivity contribution in [2.45, 2.75) is 13.3 Å². The molecule has 0 saturated heterocycles. The van der Waals surface area contributed by atoms with Crippen LogP contribution in [-0.4, -0.2) is 9.78 Å². The molecule has 0 aliphatic carbocycles. The van der Waals surface area contributed by atoms with Gasteiger partial charge in [0.15, 0.2) is 12.4 Å². The van der Waals surface area contributed by atoms with E-state index in [0.717, 1.165) is 38.2 Å². The molecule has 0 saturated carbocycles. The summed E-state index contributed by atoms with van der Waals surface area (Å²) in [6.07, 6.45) is 5.55. The monoisotopic (exact) mass is 356 g/mol. The van der Waals surface area contributed by atoms with Gasteiger partial charge in [-0.2, -0.15) is 9.83 Å². The Morgan fingerprint density at radius 3 is 2.67 bits per heavy atom. The topological polar surface area (TPSA) is 70.8 Å². The van der Waals surface area contributed by atoms with E-state index in [2.05, 4.69) is 17.2 Å². The predicted octanol–water partition coefficient (Wildman–Crippen LogP) is 3.65. The van der Waals surface area contributed by atoms with Crippen molar-refractivity contribution in [3.8, 4) is 16.8 Å². The molecule has 0 radical (unpaired) electrons. The molecule has 2 aromatic heterocycles. The molecular formula is C22H20N4O. The summed E-state index contributed by atoms with van der Waals surface area (Å²) in [5.41, 5.74) is 12.5. The van der Waals surface area contributed by atoms with Crippen molar-refractivity contribution < 1.29 is 4.73 Å². The molecular weight excluding hydrogens is 336 g/mol. The summed E-state index contributed by atoms with van der Waals surface area (Å²) in [4.78, 5) is 0. The Morgan fingerprint density at radius 2 is 1.85 bits per heavy atom. The normalized spacial score (nSPS) is 10.9. The Kier molecular flexibility index (Phi) is 4.34. The van der Waals surface area contributed by atoms with Gasteiger partial charge >= 0.3 is 0 Å². The fourth-order valence-corrected chi connectivity index (χ4v) is 3.23. The van der Waals surface area contributed by atoms with Crippen molar-refractivity contribution in [2.75, 3.05) is 5.73 Å². The Hall–Kier alpha value is -3.60. The standard InChI is InChI=1S/C22H20N4O/c1-16-6-2-3-10-21(16)26-22(23)20(14-24-26)13-17-7-4-8-18(12-17)19-9-5-11-25(27)15-19/h2-12,14-15H,13,23H2,1H3. The molecule has 5 heteroatoms. The number of rotatable bonds is 4. The lowest BCUT2D eigenvalue weighted by molar-refractivity contribution is -0.604. The fourth-order valence-electron chi connectivity index (χ4n) is 3.23. The summed E-state index contributed by atoms with van der Waals surface area (Å²) >= 11 is 0. The third-order valence-corrected chi connectivity index (χ3v) is 4.66. The van der Waals surface area contributed by atoms with Gasteiger partial charge in [-0.3, -0.25) is 0 Å². The van der Waals surface area contributed by atoms with Gasteiger partial charge in [0.2, 0.25) is 0 Å². The van der Waals surface area contributed by atoms with Crippen molar-refractivity contribution in [3.05, 3.63) is 101 Å². The Labute approximate surface area is 157 Å². The van der Waals surface area contributed by atoms with Crippen LogP contribution in [0, 0.1) is 12.1 Å². The van der Waals surface area contributed by atoms with Crippen LogP contribution >= 0.6 is 0 Å². The van der Waals surface area contributed by atoms with Crippen LogP contribution in [0.1, 0.15) is 16.7 Å². The number of hydrogen-bond donors (Lipinski definition) is 1. The fraction of sp³-hybridized carbons (Fsp3) is 0.0909. The zero-order chi connectivity index (χ0) is 18.8. The molecule has 4 rings (SSSR count). The van der Waals surface area contributed by atoms with E-state index in [-0.39, 0.29) is 0 Å². The quantitative estimate of drug-likeness (QED) is 0.448. The van der Waals surface area contributed by atoms with Crippen LogP contribution < -0.4 is 10.5 Å². The maximum Gasteiger partial charge on any atom is 0.188 e. The van der Waals surface area contributed by atoms with Crippen molar-refractivity contribution >= 4 is 5.82 Å². The third kappa shape index (κ3) is 3.40. The van der Waals surface area contributed by atoms with Gasteiger partial charge in [-0.1, -0.05) is 42.5 Å². The third-order valence-electron chi connectivity index (χ3n) is 4.66. The summed E-state index contributed by atoms with van der Waals surface area (Å²) in [7, 11) is 0. The SMILES string of the molecule is Cc1ccccc1-n1ncc(Cc2cccc(-c3ccc[n+]([O-])c3)c2)c1N. The molecule has 0 aliphatic heterocycles. The van der Waals surface area contributed by atoms with Gasteiger partial charge in [0.05, 0.1) is 11.9 Å². The second-order valence-corrected chi connectivity index (χ2v) is 6.58. The smallest absolute Gasteiger partial charge is 0.188 e. The van der Waals surface area contributed by atoms with Gasteiger partial charge in [0, 0.05) is 23.6 Å². The number of nitrogen functional groups attached to an aromatic ring is 1. The van der Waals surface area contributed by atoms with Crippen LogP contribution in [0.15, 0.2) is 79.3 Å². The number of pyridine rings is 1. The highest BCUT2D eigenvalue weighted by molar-refractivity contribution is 5.63. The minimum Gasteiger partial charge on any atom is -0.619 e. The number of anilines is 1. The highest BCUT2D eigenvalue weighted by Crippen LogP contribution is 2.24. The summed E-state index contributed by atoms with van der Waals surface area (Å²) in [6, 6.07) is 19.8. The average Bonchev–Trinajstić information content (AvgIpc) is 3.03. The predicted molar refractivity (Wildman–Crippen MR) is 106 cm³/mol. The maximum absolute atomic E-state index is 11.5. The van der Waals surface area contributed by atoms with Gasteiger partial charge in [0.1, 0.15) is 5.82 Å². The number of nitrogens with zero attached hydrogens (tertiary/aromatic N) is 3. The number of hydrogen-bond acceptors (Lipinski definition) is 3. The molecule has 134 valence electrons. The molecule has 0 bridgehead atoms. The number of aromatic nitrogens is 3. The van der Waals surface area contributed by atoms with E-state index in [9.17, 15) is 5.21 Å². The molecule has 0 fully saturated rings. The molecule has 0 spiro atoms. The van der Waals surface area contributed by atoms with E-state index in [4.69, 9.17) is 5.73 Å². The summed E-state index contributed by atoms with van der Waals surface area (Å²) in [5, 5.41) is 16.0. The van der Waals surface area contributed by atoms with E-state index in [1.807, 2.05) is 55.6 Å². The van der Waals surface area contributed by atoms with Crippen molar-refractivity contribution in [1.82, 2.24) is 9.78 Å². The Balaban J connectivity index is 1.64. The first-order valence-corrected chi connectivity index (χ1v) is 8.78. The van der Waals surface area contributed by atoms with Crippen LogP contribution in [-0.2, 0) is 6.42 Å². The molecule has 2 aromatic carbocycles. The average molecular weight is 356 g/mol. The highest BCUT2D eigenvalue weighted by atomic mass is 16.5. The van der Waals surface area contributed by atoms with E-state index in [1.54, 1.807) is 16.9 Å². The second-order valence-electron chi connectivity index (χ2n) is 6.58. The summed E-state index contributed by atoms with van der Waals surface area (Å²) < 4.78 is 2.60. The molecule has 5 nitrogen and oxygen atoms in total. The minimum absolute atomic E-state index is 0.645. The lowest BCUT2D eigenvalue weighted by Crippen LogP contribution is -2.23. The minimum atomic E-state index is 0.645. The van der Waals surface area contributed by atoms with Crippen molar-refractivity contribution in [3.63, 3.8) is 0 Å². The summed E-state index contributed by atoms with van der Waals surface area (Å²) in [6.45, 7) is 2.04. The number of aryl methyl sites for hydroxylation is 1. The van der Waals surface area contributed by atoms with Crippen LogP contribution in [0.5, 0.6) is 0 Å². The molecule has 0 unspecified atom stereocenters. The van der Waals surface area contributed by atoms with Gasteiger partial charge in [-0.25, -0.2) is 4.68 Å². The number of benzene rings is 2. The van der Waals surface area contributed by atoms with Crippen LogP contribution in [0.25, 0.3) is 16.8 Å². The van der Waals surface area contributed by atoms with Gasteiger partial charge in [0.25, 0.3) is 0 Å². The molecule has 2 N–H and O–H groups in total. The zero-order valence-corrected chi connectivity index (χ0v) is 15.0. The number of nitrogens with two attached hydrogens (primary N) is 1. The van der Waals surface area contributed by atoms with Crippen LogP contribution in [0.3, 0.4) is 0 Å². The second kappa shape index (κ2) is 6.96. The van der Waals surface area contributed by atoms with E-state index in [1.165, 1.54) is 6.20 Å². The van der Waals surface area contributed by atoms with Crippen LogP contribution in [0.4, 0.5) is 5.82 Å². The molecule has 4 aromatic rings. The zero-order valence-electron chi connectivity index (χ0n) is 15.0. The largest absolute Gasteiger partial charge is 0.619 e. The van der Waals surface area contributed by atoms with E-state index >= 15 is 0 Å². The van der Waals surface area contributed by atoms with E-state index < -0.39 is 0 Å². The first kappa shape index (κ1) is 16.8. The maximum atomic E-state index is 11.5. The Morgan fingerprint density at radius 1 is 1.04 bits per heavy atom. The molecule has 0 aliphatic rings. The molecule has 2 heterocycles. The van der Waals surface area contributed by atoms with Crippen molar-refractivity contribution in [1.29, 1.82) is 0 Å². The van der Waals surface area contributed by atoms with Gasteiger partial charge < -0.3 is 10.9 Å². The molecule has 0 amide bonds.